The molecule has 2 aromatic heterocycles. The van der Waals surface area contributed by atoms with Crippen molar-refractivity contribution >= 4 is 44.9 Å². The van der Waals surface area contributed by atoms with Crippen LogP contribution in [0.4, 0.5) is 15.2 Å². The number of carbonyl (C=O) groups excluding carboxylic acids is 2. The molecule has 0 fully saturated rings. The van der Waals surface area contributed by atoms with Gasteiger partial charge in [-0.25, -0.2) is 9.37 Å². The predicted octanol–water partition coefficient (Wildman–Crippen LogP) is 4.91. The van der Waals surface area contributed by atoms with Crippen molar-refractivity contribution in [2.24, 2.45) is 0 Å². The van der Waals surface area contributed by atoms with Crippen molar-refractivity contribution in [2.75, 3.05) is 10.6 Å². The Hall–Kier alpha value is -3.52. The van der Waals surface area contributed by atoms with E-state index < -0.39 is 11.7 Å². The molecule has 0 unspecified atom stereocenters. The number of amides is 2. The van der Waals surface area contributed by atoms with E-state index in [0.29, 0.717) is 22.3 Å². The summed E-state index contributed by atoms with van der Waals surface area (Å²) in [7, 11) is 0. The lowest BCUT2D eigenvalue weighted by Crippen LogP contribution is -2.15. The Morgan fingerprint density at radius 1 is 1.11 bits per heavy atom. The average Bonchev–Trinajstić information content (AvgIpc) is 3.29. The van der Waals surface area contributed by atoms with Crippen LogP contribution in [-0.2, 0) is 4.79 Å². The lowest BCUT2D eigenvalue weighted by molar-refractivity contribution is -0.114. The van der Waals surface area contributed by atoms with Crippen molar-refractivity contribution in [3.63, 3.8) is 0 Å². The summed E-state index contributed by atoms with van der Waals surface area (Å²) in [5.41, 5.74) is 1.46. The Kier molecular flexibility index (Phi) is 4.62. The molecule has 2 N–H and O–H groups in total. The summed E-state index contributed by atoms with van der Waals surface area (Å²) in [5.74, 6) is -1.08. The predicted molar refractivity (Wildman–Crippen MR) is 106 cm³/mol. The van der Waals surface area contributed by atoms with Crippen LogP contribution in [0.5, 0.6) is 0 Å². The van der Waals surface area contributed by atoms with Crippen LogP contribution in [-0.4, -0.2) is 16.8 Å². The highest BCUT2D eigenvalue weighted by Crippen LogP contribution is 2.30. The van der Waals surface area contributed by atoms with Crippen LogP contribution in [0.25, 0.3) is 22.4 Å². The molecule has 0 spiro atoms. The van der Waals surface area contributed by atoms with Gasteiger partial charge < -0.3 is 9.73 Å². The number of thiazole rings is 1. The van der Waals surface area contributed by atoms with Gasteiger partial charge in [-0.2, -0.15) is 0 Å². The number of halogens is 1. The molecule has 0 radical (unpaired) electrons. The van der Waals surface area contributed by atoms with E-state index in [4.69, 9.17) is 4.42 Å². The van der Waals surface area contributed by atoms with Crippen LogP contribution in [0.15, 0.2) is 58.3 Å². The lowest BCUT2D eigenvalue weighted by atomic mass is 10.1. The van der Waals surface area contributed by atoms with Crippen LogP contribution in [0.2, 0.25) is 0 Å². The first kappa shape index (κ1) is 17.9. The van der Waals surface area contributed by atoms with Crippen LogP contribution < -0.4 is 10.6 Å². The molecule has 6 nitrogen and oxygen atoms in total. The molecule has 8 heteroatoms. The molecule has 0 aliphatic heterocycles. The third kappa shape index (κ3) is 3.63. The van der Waals surface area contributed by atoms with Crippen LogP contribution in [0.3, 0.4) is 0 Å². The number of anilines is 2. The molecule has 0 atom stereocenters. The number of benzene rings is 2. The largest absolute Gasteiger partial charge is 0.454 e. The lowest BCUT2D eigenvalue weighted by Gasteiger charge is -2.07. The van der Waals surface area contributed by atoms with Gasteiger partial charge in [0, 0.05) is 23.4 Å². The van der Waals surface area contributed by atoms with E-state index in [0.717, 1.165) is 17.0 Å². The van der Waals surface area contributed by atoms with E-state index in [9.17, 15) is 14.0 Å². The minimum Gasteiger partial charge on any atom is -0.454 e. The topological polar surface area (TPSA) is 84.2 Å². The fourth-order valence-electron chi connectivity index (χ4n) is 2.70. The van der Waals surface area contributed by atoms with E-state index in [2.05, 4.69) is 15.6 Å². The zero-order valence-corrected chi connectivity index (χ0v) is 15.5. The van der Waals surface area contributed by atoms with Crippen molar-refractivity contribution in [3.05, 3.63) is 65.3 Å². The van der Waals surface area contributed by atoms with Crippen molar-refractivity contribution in [3.8, 4) is 11.5 Å². The molecular weight excluding hydrogens is 381 g/mol. The van der Waals surface area contributed by atoms with E-state index in [-0.39, 0.29) is 11.5 Å². The third-order valence-electron chi connectivity index (χ3n) is 3.93. The van der Waals surface area contributed by atoms with Gasteiger partial charge in [-0.1, -0.05) is 18.2 Å². The first-order valence-corrected chi connectivity index (χ1v) is 9.20. The Balaban J connectivity index is 1.55. The van der Waals surface area contributed by atoms with E-state index in [1.54, 1.807) is 5.38 Å². The van der Waals surface area contributed by atoms with Crippen molar-refractivity contribution in [1.82, 2.24) is 4.98 Å². The number of nitrogens with one attached hydrogen (secondary N) is 2. The number of furan rings is 1. The van der Waals surface area contributed by atoms with Gasteiger partial charge in [0.1, 0.15) is 17.1 Å². The van der Waals surface area contributed by atoms with E-state index >= 15 is 0 Å². The van der Waals surface area contributed by atoms with Gasteiger partial charge in [0.25, 0.3) is 5.91 Å². The number of hydrogen-bond donors (Lipinski definition) is 2. The summed E-state index contributed by atoms with van der Waals surface area (Å²) in [4.78, 5) is 27.9. The Labute approximate surface area is 163 Å². The zero-order valence-electron chi connectivity index (χ0n) is 14.7. The molecule has 2 aromatic carbocycles. The highest BCUT2D eigenvalue weighted by Gasteiger charge is 2.16. The molecule has 0 saturated heterocycles. The minimum atomic E-state index is -0.694. The maximum atomic E-state index is 14.0. The van der Waals surface area contributed by atoms with Crippen molar-refractivity contribution in [1.29, 1.82) is 0 Å². The number of hydrogen-bond acceptors (Lipinski definition) is 5. The Bertz CT molecular complexity index is 1170. The molecule has 0 bridgehead atoms. The normalized spacial score (nSPS) is 10.8. The van der Waals surface area contributed by atoms with Gasteiger partial charge in [-0.05, 0) is 30.3 Å². The fraction of sp³-hybridized carbons (Fsp3) is 0.0500. The second-order valence-electron chi connectivity index (χ2n) is 6.02. The monoisotopic (exact) mass is 395 g/mol. The summed E-state index contributed by atoms with van der Waals surface area (Å²) in [6.07, 6.45) is 0. The maximum absolute atomic E-state index is 14.0. The third-order valence-corrected chi connectivity index (χ3v) is 4.69. The Morgan fingerprint density at radius 3 is 2.71 bits per heavy atom. The number of carbonyl (C=O) groups is 2. The first-order valence-electron chi connectivity index (χ1n) is 8.32. The quantitative estimate of drug-likeness (QED) is 0.514. The van der Waals surface area contributed by atoms with Gasteiger partial charge in [0.15, 0.2) is 10.9 Å². The van der Waals surface area contributed by atoms with Gasteiger partial charge >= 0.3 is 0 Å². The molecule has 4 aromatic rings. The fourth-order valence-corrected chi connectivity index (χ4v) is 3.39. The molecule has 28 heavy (non-hydrogen) atoms. The summed E-state index contributed by atoms with van der Waals surface area (Å²) < 4.78 is 19.8. The number of para-hydroxylation sites is 1. The SMILES string of the molecule is CC(=O)Nc1ccc(F)c(C(=O)Nc2nc(-c3cc4ccccc4o3)cs2)c1. The summed E-state index contributed by atoms with van der Waals surface area (Å²) in [6.45, 7) is 1.33. The van der Waals surface area contributed by atoms with Gasteiger partial charge in [0.2, 0.25) is 5.91 Å². The van der Waals surface area contributed by atoms with Crippen molar-refractivity contribution in [2.45, 2.75) is 6.92 Å². The number of nitrogens with zero attached hydrogens (tertiary/aromatic N) is 1. The average molecular weight is 395 g/mol. The smallest absolute Gasteiger partial charge is 0.260 e. The minimum absolute atomic E-state index is 0.188. The molecule has 2 amide bonds. The van der Waals surface area contributed by atoms with Crippen molar-refractivity contribution < 1.29 is 18.4 Å². The van der Waals surface area contributed by atoms with Crippen LogP contribution in [0.1, 0.15) is 17.3 Å². The molecule has 0 saturated carbocycles. The second kappa shape index (κ2) is 7.24. The molecule has 0 aliphatic rings. The summed E-state index contributed by atoms with van der Waals surface area (Å²) in [5, 5.41) is 8.11. The zero-order chi connectivity index (χ0) is 19.7. The van der Waals surface area contributed by atoms with Crippen LogP contribution >= 0.6 is 11.3 Å². The summed E-state index contributed by atoms with van der Waals surface area (Å²) >= 11 is 1.20. The number of rotatable bonds is 4. The van der Waals surface area contributed by atoms with Gasteiger partial charge in [0.05, 0.1) is 5.56 Å². The molecule has 140 valence electrons. The van der Waals surface area contributed by atoms with Gasteiger partial charge in [-0.15, -0.1) is 11.3 Å². The molecular formula is C20H14FN3O3S. The molecule has 0 aliphatic carbocycles. The summed E-state index contributed by atoms with van der Waals surface area (Å²) in [6, 6.07) is 13.2. The van der Waals surface area contributed by atoms with E-state index in [1.165, 1.54) is 30.4 Å². The van der Waals surface area contributed by atoms with Gasteiger partial charge in [-0.3, -0.25) is 14.9 Å². The maximum Gasteiger partial charge on any atom is 0.260 e. The number of fused-ring (bicyclic) bond motifs is 1. The molecule has 4 rings (SSSR count). The highest BCUT2D eigenvalue weighted by atomic mass is 32.1. The Morgan fingerprint density at radius 2 is 1.93 bits per heavy atom. The first-order chi connectivity index (χ1) is 13.5. The standard InChI is InChI=1S/C20H14FN3O3S/c1-11(25)22-13-6-7-15(21)14(9-13)19(26)24-20-23-16(10-28-20)18-8-12-4-2-3-5-17(12)27-18/h2-10H,1H3,(H,22,25)(H,23,24,26). The van der Waals surface area contributed by atoms with E-state index in [1.807, 2.05) is 30.3 Å². The molecule has 2 heterocycles. The highest BCUT2D eigenvalue weighted by molar-refractivity contribution is 7.14. The second-order valence-corrected chi connectivity index (χ2v) is 6.87. The number of aromatic nitrogens is 1. The van der Waals surface area contributed by atoms with Crippen LogP contribution in [0, 0.1) is 5.82 Å².